The van der Waals surface area contributed by atoms with Crippen LogP contribution >= 0.6 is 0 Å². The molecule has 1 fully saturated rings. The molecule has 1 aromatic heterocycles. The smallest absolute Gasteiger partial charge is 0.253 e. The quantitative estimate of drug-likeness (QED) is 0.854. The molecule has 24 heavy (non-hydrogen) atoms. The van der Waals surface area contributed by atoms with Crippen molar-refractivity contribution in [1.82, 2.24) is 9.97 Å². The summed E-state index contributed by atoms with van der Waals surface area (Å²) in [6.45, 7) is 4.95. The Morgan fingerprint density at radius 2 is 2.42 bits per heavy atom. The van der Waals surface area contributed by atoms with E-state index in [-0.39, 0.29) is 12.0 Å². The van der Waals surface area contributed by atoms with Crippen LogP contribution in [0.2, 0.25) is 0 Å². The van der Waals surface area contributed by atoms with Gasteiger partial charge in [0, 0.05) is 29.7 Å². The van der Waals surface area contributed by atoms with Crippen LogP contribution in [0.25, 0.3) is 11.4 Å². The molecule has 128 valence electrons. The Balaban J connectivity index is 1.57. The number of aromatic amines is 1. The third-order valence-electron chi connectivity index (χ3n) is 4.03. The van der Waals surface area contributed by atoms with Crippen molar-refractivity contribution in [3.63, 3.8) is 0 Å². The maximum atomic E-state index is 12.3. The molecule has 2 heterocycles. The standard InChI is InChI=1S/C18H23N3O3/c1-12-10-19-17(20-12)14-5-3-6-15(9-14)21-18(22)13(2)24-11-16-7-4-8-23-16/h3,5-6,9-10,13,16H,4,7-8,11H2,1-2H3,(H,19,20)(H,21,22). The van der Waals surface area contributed by atoms with E-state index in [0.29, 0.717) is 6.61 Å². The summed E-state index contributed by atoms with van der Waals surface area (Å²) in [4.78, 5) is 19.8. The zero-order chi connectivity index (χ0) is 16.9. The highest BCUT2D eigenvalue weighted by Crippen LogP contribution is 2.20. The Bertz CT molecular complexity index is 692. The molecule has 3 rings (SSSR count). The highest BCUT2D eigenvalue weighted by atomic mass is 16.5. The number of aromatic nitrogens is 2. The van der Waals surface area contributed by atoms with Gasteiger partial charge in [0.25, 0.3) is 5.91 Å². The normalized spacial score (nSPS) is 18.5. The van der Waals surface area contributed by atoms with E-state index in [0.717, 1.165) is 42.2 Å². The molecule has 1 amide bonds. The van der Waals surface area contributed by atoms with Crippen molar-refractivity contribution in [2.75, 3.05) is 18.5 Å². The average Bonchev–Trinajstić information content (AvgIpc) is 3.24. The lowest BCUT2D eigenvalue weighted by Crippen LogP contribution is -2.30. The Hall–Kier alpha value is -2.18. The van der Waals surface area contributed by atoms with Crippen LogP contribution in [0.1, 0.15) is 25.5 Å². The number of rotatable bonds is 6. The minimum Gasteiger partial charge on any atom is -0.376 e. The van der Waals surface area contributed by atoms with Crippen LogP contribution in [0.3, 0.4) is 0 Å². The van der Waals surface area contributed by atoms with Crippen molar-refractivity contribution in [2.24, 2.45) is 0 Å². The molecule has 2 atom stereocenters. The summed E-state index contributed by atoms with van der Waals surface area (Å²) in [5.41, 5.74) is 2.64. The third-order valence-corrected chi connectivity index (χ3v) is 4.03. The molecule has 1 aliphatic heterocycles. The highest BCUT2D eigenvalue weighted by molar-refractivity contribution is 5.94. The molecular weight excluding hydrogens is 306 g/mol. The fraction of sp³-hybridized carbons (Fsp3) is 0.444. The highest BCUT2D eigenvalue weighted by Gasteiger charge is 2.20. The Labute approximate surface area is 141 Å². The van der Waals surface area contributed by atoms with Crippen molar-refractivity contribution in [3.05, 3.63) is 36.2 Å². The molecule has 1 aliphatic rings. The zero-order valence-electron chi connectivity index (χ0n) is 14.0. The van der Waals surface area contributed by atoms with Crippen molar-refractivity contribution < 1.29 is 14.3 Å². The minimum absolute atomic E-state index is 0.116. The maximum absolute atomic E-state index is 12.3. The number of hydrogen-bond acceptors (Lipinski definition) is 4. The number of carbonyl (C=O) groups is 1. The van der Waals surface area contributed by atoms with Gasteiger partial charge in [-0.15, -0.1) is 0 Å². The number of nitrogens with zero attached hydrogens (tertiary/aromatic N) is 1. The molecular formula is C18H23N3O3. The summed E-state index contributed by atoms with van der Waals surface area (Å²) < 4.78 is 11.1. The Kier molecular flexibility index (Phi) is 5.27. The van der Waals surface area contributed by atoms with Gasteiger partial charge in [0.15, 0.2) is 0 Å². The SMILES string of the molecule is Cc1cnc(-c2cccc(NC(=O)C(C)OCC3CCCO3)c2)[nH]1. The summed E-state index contributed by atoms with van der Waals surface area (Å²) >= 11 is 0. The van der Waals surface area contributed by atoms with Gasteiger partial charge in [0.05, 0.1) is 12.7 Å². The lowest BCUT2D eigenvalue weighted by Gasteiger charge is -2.16. The first-order chi connectivity index (χ1) is 11.6. The average molecular weight is 329 g/mol. The molecule has 6 heteroatoms. The van der Waals surface area contributed by atoms with E-state index in [2.05, 4.69) is 15.3 Å². The fourth-order valence-electron chi connectivity index (χ4n) is 2.65. The van der Waals surface area contributed by atoms with Gasteiger partial charge in [-0.3, -0.25) is 4.79 Å². The van der Waals surface area contributed by atoms with Gasteiger partial charge in [-0.1, -0.05) is 12.1 Å². The largest absolute Gasteiger partial charge is 0.376 e. The van der Waals surface area contributed by atoms with Gasteiger partial charge in [0.2, 0.25) is 0 Å². The van der Waals surface area contributed by atoms with E-state index in [1.54, 1.807) is 13.1 Å². The lowest BCUT2D eigenvalue weighted by molar-refractivity contribution is -0.128. The molecule has 0 saturated carbocycles. The van der Waals surface area contributed by atoms with Crippen molar-refractivity contribution in [3.8, 4) is 11.4 Å². The van der Waals surface area contributed by atoms with Crippen molar-refractivity contribution in [2.45, 2.75) is 38.9 Å². The molecule has 0 spiro atoms. The lowest BCUT2D eigenvalue weighted by atomic mass is 10.2. The number of aryl methyl sites for hydroxylation is 1. The molecule has 0 radical (unpaired) electrons. The number of amides is 1. The summed E-state index contributed by atoms with van der Waals surface area (Å²) in [5, 5.41) is 2.89. The maximum Gasteiger partial charge on any atom is 0.253 e. The second-order valence-corrected chi connectivity index (χ2v) is 6.10. The molecule has 1 saturated heterocycles. The molecule has 0 aliphatic carbocycles. The van der Waals surface area contributed by atoms with Crippen LogP contribution in [0.4, 0.5) is 5.69 Å². The molecule has 2 unspecified atom stereocenters. The third kappa shape index (κ3) is 4.21. The first-order valence-corrected chi connectivity index (χ1v) is 8.28. The van der Waals surface area contributed by atoms with E-state index in [9.17, 15) is 4.79 Å². The number of anilines is 1. The predicted molar refractivity (Wildman–Crippen MR) is 91.8 cm³/mol. The second-order valence-electron chi connectivity index (χ2n) is 6.10. The van der Waals surface area contributed by atoms with E-state index < -0.39 is 6.10 Å². The van der Waals surface area contributed by atoms with Crippen LogP contribution < -0.4 is 5.32 Å². The molecule has 0 bridgehead atoms. The van der Waals surface area contributed by atoms with Gasteiger partial charge in [-0.2, -0.15) is 0 Å². The minimum atomic E-state index is -0.524. The monoisotopic (exact) mass is 329 g/mol. The summed E-state index contributed by atoms with van der Waals surface area (Å²) in [7, 11) is 0. The van der Waals surface area contributed by atoms with Gasteiger partial charge in [-0.05, 0) is 38.8 Å². The van der Waals surface area contributed by atoms with Crippen molar-refractivity contribution >= 4 is 11.6 Å². The first kappa shape index (κ1) is 16.7. The topological polar surface area (TPSA) is 76.2 Å². The van der Waals surface area contributed by atoms with Crippen LogP contribution in [-0.4, -0.2) is 41.3 Å². The number of benzene rings is 1. The predicted octanol–water partition coefficient (Wildman–Crippen LogP) is 2.91. The van der Waals surface area contributed by atoms with Gasteiger partial charge >= 0.3 is 0 Å². The van der Waals surface area contributed by atoms with Crippen LogP contribution in [0.5, 0.6) is 0 Å². The Morgan fingerprint density at radius 3 is 3.12 bits per heavy atom. The van der Waals surface area contributed by atoms with Gasteiger partial charge < -0.3 is 19.8 Å². The van der Waals surface area contributed by atoms with E-state index in [4.69, 9.17) is 9.47 Å². The Morgan fingerprint density at radius 1 is 1.54 bits per heavy atom. The summed E-state index contributed by atoms with van der Waals surface area (Å²) in [6, 6.07) is 7.58. The fourth-order valence-corrected chi connectivity index (χ4v) is 2.65. The van der Waals surface area contributed by atoms with Crippen LogP contribution in [0, 0.1) is 6.92 Å². The van der Waals surface area contributed by atoms with E-state index >= 15 is 0 Å². The first-order valence-electron chi connectivity index (χ1n) is 8.28. The van der Waals surface area contributed by atoms with E-state index in [1.807, 2.05) is 31.2 Å². The molecule has 2 N–H and O–H groups in total. The van der Waals surface area contributed by atoms with Crippen LogP contribution in [-0.2, 0) is 14.3 Å². The zero-order valence-corrected chi connectivity index (χ0v) is 14.0. The molecule has 2 aromatic rings. The van der Waals surface area contributed by atoms with Crippen molar-refractivity contribution in [1.29, 1.82) is 0 Å². The number of nitrogens with one attached hydrogen (secondary N) is 2. The molecule has 1 aromatic carbocycles. The summed E-state index contributed by atoms with van der Waals surface area (Å²) in [6.07, 6.45) is 3.43. The summed E-state index contributed by atoms with van der Waals surface area (Å²) in [5.74, 6) is 0.618. The molecule has 6 nitrogen and oxygen atoms in total. The number of ether oxygens (including phenoxy) is 2. The van der Waals surface area contributed by atoms with Crippen LogP contribution in [0.15, 0.2) is 30.5 Å². The number of imidazole rings is 1. The van der Waals surface area contributed by atoms with Gasteiger partial charge in [0.1, 0.15) is 11.9 Å². The number of hydrogen-bond donors (Lipinski definition) is 2. The second kappa shape index (κ2) is 7.59. The van der Waals surface area contributed by atoms with E-state index in [1.165, 1.54) is 0 Å². The van der Waals surface area contributed by atoms with Gasteiger partial charge in [-0.25, -0.2) is 4.98 Å². The number of H-pyrrole nitrogens is 1. The number of carbonyl (C=O) groups excluding carboxylic acids is 1.